The molecule has 2 unspecified atom stereocenters. The molecule has 0 bridgehead atoms. The molecule has 1 aromatic carbocycles. The van der Waals surface area contributed by atoms with Gasteiger partial charge in [-0.25, -0.2) is 9.78 Å². The average Bonchev–Trinajstić information content (AvgIpc) is 2.96. The van der Waals surface area contributed by atoms with Crippen molar-refractivity contribution in [3.63, 3.8) is 0 Å². The summed E-state index contributed by atoms with van der Waals surface area (Å²) in [4.78, 5) is 30.7. The fraction of sp³-hybridized carbons (Fsp3) is 0.438. The van der Waals surface area contributed by atoms with Gasteiger partial charge in [-0.15, -0.1) is 11.8 Å². The Balaban J connectivity index is 1.89. The van der Waals surface area contributed by atoms with Crippen LogP contribution in [0.5, 0.6) is 0 Å². The highest BCUT2D eigenvalue weighted by Crippen LogP contribution is 2.27. The Morgan fingerprint density at radius 3 is 2.78 bits per heavy atom. The minimum atomic E-state index is -0.990. The SMILES string of the molecule is CCCC(NC(=O)CSC(C)c1nc2ccccc2[nH]1)C(=O)O. The van der Waals surface area contributed by atoms with Gasteiger partial charge in [-0.1, -0.05) is 25.5 Å². The number of nitrogens with one attached hydrogen (secondary N) is 2. The van der Waals surface area contributed by atoms with E-state index in [0.29, 0.717) is 12.8 Å². The molecule has 0 aliphatic heterocycles. The van der Waals surface area contributed by atoms with Gasteiger partial charge in [0.2, 0.25) is 5.91 Å². The summed E-state index contributed by atoms with van der Waals surface area (Å²) in [5.74, 6) is -0.243. The number of thioether (sulfide) groups is 1. The molecule has 0 spiro atoms. The Kier molecular flexibility index (Phi) is 6.04. The Labute approximate surface area is 139 Å². The quantitative estimate of drug-likeness (QED) is 0.689. The van der Waals surface area contributed by atoms with E-state index >= 15 is 0 Å². The molecule has 0 radical (unpaired) electrons. The summed E-state index contributed by atoms with van der Waals surface area (Å²) in [6.45, 7) is 3.86. The van der Waals surface area contributed by atoms with Crippen LogP contribution in [-0.4, -0.2) is 38.7 Å². The standard InChI is InChI=1S/C16H21N3O3S/c1-3-6-13(16(21)22)17-14(20)9-23-10(2)15-18-11-7-4-5-8-12(11)19-15/h4-5,7-8,10,13H,3,6,9H2,1-2H3,(H,17,20)(H,18,19)(H,21,22). The zero-order valence-electron chi connectivity index (χ0n) is 13.2. The van der Waals surface area contributed by atoms with Crippen molar-refractivity contribution < 1.29 is 14.7 Å². The van der Waals surface area contributed by atoms with Gasteiger partial charge in [0.05, 0.1) is 22.0 Å². The number of nitrogens with zero attached hydrogens (tertiary/aromatic N) is 1. The molecule has 124 valence electrons. The van der Waals surface area contributed by atoms with E-state index in [-0.39, 0.29) is 16.9 Å². The lowest BCUT2D eigenvalue weighted by molar-refractivity contribution is -0.141. The minimum absolute atomic E-state index is 0.0163. The molecule has 23 heavy (non-hydrogen) atoms. The van der Waals surface area contributed by atoms with Crippen molar-refractivity contribution >= 4 is 34.7 Å². The molecule has 7 heteroatoms. The molecule has 3 N–H and O–H groups in total. The molecule has 0 saturated heterocycles. The number of hydrogen-bond acceptors (Lipinski definition) is 4. The van der Waals surface area contributed by atoms with Gasteiger partial charge in [0.1, 0.15) is 11.9 Å². The molecule has 0 aliphatic carbocycles. The largest absolute Gasteiger partial charge is 0.480 e. The zero-order chi connectivity index (χ0) is 16.8. The van der Waals surface area contributed by atoms with Crippen LogP contribution in [-0.2, 0) is 9.59 Å². The first-order valence-corrected chi connectivity index (χ1v) is 8.64. The number of para-hydroxylation sites is 2. The first-order valence-electron chi connectivity index (χ1n) is 7.59. The summed E-state index contributed by atoms with van der Waals surface area (Å²) in [6, 6.07) is 6.95. The fourth-order valence-electron chi connectivity index (χ4n) is 2.23. The van der Waals surface area contributed by atoms with Gasteiger partial charge in [-0.05, 0) is 25.5 Å². The van der Waals surface area contributed by atoms with Crippen LogP contribution in [0.15, 0.2) is 24.3 Å². The lowest BCUT2D eigenvalue weighted by Crippen LogP contribution is -2.41. The van der Waals surface area contributed by atoms with E-state index in [2.05, 4.69) is 15.3 Å². The summed E-state index contributed by atoms with van der Waals surface area (Å²) in [5, 5.41) is 11.6. The second kappa shape index (κ2) is 8.01. The second-order valence-corrected chi connectivity index (χ2v) is 6.67. The third-order valence-electron chi connectivity index (χ3n) is 3.47. The number of carbonyl (C=O) groups is 2. The number of aromatic amines is 1. The predicted octanol–water partition coefficient (Wildman–Crippen LogP) is 2.73. The van der Waals surface area contributed by atoms with E-state index in [4.69, 9.17) is 5.11 Å². The molecule has 1 amide bonds. The predicted molar refractivity (Wildman–Crippen MR) is 91.4 cm³/mol. The number of amides is 1. The number of aliphatic carboxylic acids is 1. The van der Waals surface area contributed by atoms with Crippen molar-refractivity contribution in [3.05, 3.63) is 30.1 Å². The Hall–Kier alpha value is -2.02. The van der Waals surface area contributed by atoms with Gasteiger partial charge < -0.3 is 15.4 Å². The number of imidazole rings is 1. The Morgan fingerprint density at radius 2 is 2.13 bits per heavy atom. The van der Waals surface area contributed by atoms with Crippen LogP contribution in [0.3, 0.4) is 0 Å². The highest BCUT2D eigenvalue weighted by molar-refractivity contribution is 8.00. The van der Waals surface area contributed by atoms with Crippen LogP contribution in [0.1, 0.15) is 37.8 Å². The third-order valence-corrected chi connectivity index (χ3v) is 4.62. The fourth-order valence-corrected chi connectivity index (χ4v) is 2.98. The number of fused-ring (bicyclic) bond motifs is 1. The molecular formula is C16H21N3O3S. The molecule has 2 aromatic rings. The highest BCUT2D eigenvalue weighted by Gasteiger charge is 2.20. The van der Waals surface area contributed by atoms with Gasteiger partial charge in [0.15, 0.2) is 0 Å². The third kappa shape index (κ3) is 4.72. The number of aromatic nitrogens is 2. The Bertz CT molecular complexity index is 653. The lowest BCUT2D eigenvalue weighted by atomic mass is 10.2. The average molecular weight is 335 g/mol. The highest BCUT2D eigenvalue weighted by atomic mass is 32.2. The second-order valence-electron chi connectivity index (χ2n) is 5.34. The van der Waals surface area contributed by atoms with Crippen molar-refractivity contribution in [2.24, 2.45) is 0 Å². The summed E-state index contributed by atoms with van der Waals surface area (Å²) >= 11 is 1.43. The summed E-state index contributed by atoms with van der Waals surface area (Å²) in [7, 11) is 0. The number of H-pyrrole nitrogens is 1. The van der Waals surface area contributed by atoms with Gasteiger partial charge in [-0.2, -0.15) is 0 Å². The number of carbonyl (C=O) groups excluding carboxylic acids is 1. The van der Waals surface area contributed by atoms with E-state index in [1.165, 1.54) is 11.8 Å². The van der Waals surface area contributed by atoms with Gasteiger partial charge in [0, 0.05) is 0 Å². The van der Waals surface area contributed by atoms with Crippen LogP contribution in [0.2, 0.25) is 0 Å². The molecule has 6 nitrogen and oxygen atoms in total. The van der Waals surface area contributed by atoms with Crippen LogP contribution in [0.25, 0.3) is 11.0 Å². The summed E-state index contributed by atoms with van der Waals surface area (Å²) in [6.07, 6.45) is 1.14. The van der Waals surface area contributed by atoms with E-state index in [1.54, 1.807) is 0 Å². The van der Waals surface area contributed by atoms with Crippen LogP contribution in [0, 0.1) is 0 Å². The van der Waals surface area contributed by atoms with E-state index in [0.717, 1.165) is 16.9 Å². The molecule has 1 heterocycles. The van der Waals surface area contributed by atoms with Crippen molar-refractivity contribution in [2.45, 2.75) is 38.0 Å². The minimum Gasteiger partial charge on any atom is -0.480 e. The van der Waals surface area contributed by atoms with Crippen molar-refractivity contribution in [3.8, 4) is 0 Å². The van der Waals surface area contributed by atoms with Crippen molar-refractivity contribution in [2.75, 3.05) is 5.75 Å². The van der Waals surface area contributed by atoms with Crippen LogP contribution < -0.4 is 5.32 Å². The maximum atomic E-state index is 11.9. The first-order chi connectivity index (χ1) is 11.0. The van der Waals surface area contributed by atoms with E-state index in [9.17, 15) is 9.59 Å². The number of carboxylic acids is 1. The van der Waals surface area contributed by atoms with Crippen molar-refractivity contribution in [1.29, 1.82) is 0 Å². The van der Waals surface area contributed by atoms with Gasteiger partial charge in [-0.3, -0.25) is 4.79 Å². The van der Waals surface area contributed by atoms with Crippen molar-refractivity contribution in [1.82, 2.24) is 15.3 Å². The number of carboxylic acid groups (broad SMARTS) is 1. The number of benzene rings is 1. The monoisotopic (exact) mass is 335 g/mol. The van der Waals surface area contributed by atoms with Crippen LogP contribution in [0.4, 0.5) is 0 Å². The van der Waals surface area contributed by atoms with Gasteiger partial charge in [0.25, 0.3) is 0 Å². The first kappa shape index (κ1) is 17.3. The van der Waals surface area contributed by atoms with E-state index < -0.39 is 12.0 Å². The topological polar surface area (TPSA) is 95.1 Å². The molecule has 1 aromatic heterocycles. The van der Waals surface area contributed by atoms with Crippen LogP contribution >= 0.6 is 11.8 Å². The molecular weight excluding hydrogens is 314 g/mol. The molecule has 2 atom stereocenters. The maximum absolute atomic E-state index is 11.9. The maximum Gasteiger partial charge on any atom is 0.326 e. The molecule has 2 rings (SSSR count). The lowest BCUT2D eigenvalue weighted by Gasteiger charge is -2.14. The smallest absolute Gasteiger partial charge is 0.326 e. The zero-order valence-corrected chi connectivity index (χ0v) is 14.0. The Morgan fingerprint density at radius 1 is 1.39 bits per heavy atom. The summed E-state index contributed by atoms with van der Waals surface area (Å²) < 4.78 is 0. The normalized spacial score (nSPS) is 13.7. The van der Waals surface area contributed by atoms with Gasteiger partial charge >= 0.3 is 5.97 Å². The molecule has 0 aliphatic rings. The number of hydrogen-bond donors (Lipinski definition) is 3. The summed E-state index contributed by atoms with van der Waals surface area (Å²) in [5.41, 5.74) is 1.86. The van der Waals surface area contributed by atoms with E-state index in [1.807, 2.05) is 38.1 Å². The molecule has 0 fully saturated rings. The molecule has 0 saturated carbocycles. The number of rotatable bonds is 8.